The molecule has 0 spiro atoms. The van der Waals surface area contributed by atoms with Crippen LogP contribution in [0.3, 0.4) is 0 Å². The number of carboxylic acids is 1. The number of nitrogens with zero attached hydrogens (tertiary/aromatic N) is 5. The minimum Gasteiger partial charge on any atom is -0.480 e. The number of halogens is 1. The van der Waals surface area contributed by atoms with E-state index >= 15 is 0 Å². The lowest BCUT2D eigenvalue weighted by Crippen LogP contribution is -2.09. The van der Waals surface area contributed by atoms with Crippen LogP contribution >= 0.6 is 0 Å². The van der Waals surface area contributed by atoms with Gasteiger partial charge in [0.15, 0.2) is 0 Å². The number of aryl methyl sites for hydroxylation is 1. The topological polar surface area (TPSA) is 85.8 Å². The number of benzene rings is 1. The Bertz CT molecular complexity index is 1100. The van der Waals surface area contributed by atoms with Gasteiger partial charge >= 0.3 is 5.97 Å². The van der Waals surface area contributed by atoms with Gasteiger partial charge in [-0.1, -0.05) is 0 Å². The zero-order valence-corrected chi connectivity index (χ0v) is 12.6. The molecule has 0 saturated carbocycles. The van der Waals surface area contributed by atoms with Gasteiger partial charge < -0.3 is 5.11 Å². The number of aromatic nitrogens is 5. The van der Waals surface area contributed by atoms with E-state index in [1.54, 1.807) is 30.1 Å². The second-order valence-corrected chi connectivity index (χ2v) is 5.45. The van der Waals surface area contributed by atoms with Crippen LogP contribution < -0.4 is 0 Å². The molecule has 1 aromatic carbocycles. The standard InChI is InChI=1S/C16H12FN5O2/c1-21-14-5-10(12(17)4-9(14)6-19-21)16-11-7-20-22(8-15(23)24)13(11)2-3-18-16/h2-7H,8H2,1H3,(H,23,24). The molecule has 0 saturated heterocycles. The minimum absolute atomic E-state index is 0.268. The molecule has 3 heterocycles. The first-order chi connectivity index (χ1) is 11.5. The second-order valence-electron chi connectivity index (χ2n) is 5.45. The van der Waals surface area contributed by atoms with Crippen molar-refractivity contribution in [3.05, 3.63) is 42.6 Å². The molecule has 0 amide bonds. The SMILES string of the molecule is Cn1ncc2cc(F)c(-c3nccc4c3cnn4CC(=O)O)cc21. The summed E-state index contributed by atoms with van der Waals surface area (Å²) in [5.74, 6) is -1.41. The Kier molecular flexibility index (Phi) is 3.05. The van der Waals surface area contributed by atoms with Crippen LogP contribution in [0.2, 0.25) is 0 Å². The molecule has 8 heteroatoms. The molecule has 1 N–H and O–H groups in total. The molecule has 0 atom stereocenters. The Morgan fingerprint density at radius 2 is 2.08 bits per heavy atom. The summed E-state index contributed by atoms with van der Waals surface area (Å²) in [6, 6.07) is 4.77. The van der Waals surface area contributed by atoms with Gasteiger partial charge in [-0.3, -0.25) is 19.1 Å². The van der Waals surface area contributed by atoms with Crippen molar-refractivity contribution in [2.45, 2.75) is 6.54 Å². The molecule has 0 bridgehead atoms. The lowest BCUT2D eigenvalue weighted by molar-refractivity contribution is -0.137. The Morgan fingerprint density at radius 3 is 2.88 bits per heavy atom. The Hall–Kier alpha value is -3.29. The average molecular weight is 325 g/mol. The third kappa shape index (κ3) is 2.11. The van der Waals surface area contributed by atoms with Crippen LogP contribution in [0.1, 0.15) is 0 Å². The smallest absolute Gasteiger partial charge is 0.325 e. The lowest BCUT2D eigenvalue weighted by atomic mass is 10.1. The van der Waals surface area contributed by atoms with E-state index in [4.69, 9.17) is 5.11 Å². The highest BCUT2D eigenvalue weighted by Crippen LogP contribution is 2.31. The molecule has 0 aliphatic heterocycles. The second kappa shape index (κ2) is 5.12. The number of pyridine rings is 1. The fourth-order valence-electron chi connectivity index (χ4n) is 2.83. The molecule has 3 aromatic heterocycles. The first kappa shape index (κ1) is 14.3. The number of hydrogen-bond acceptors (Lipinski definition) is 4. The van der Waals surface area contributed by atoms with Crippen LogP contribution in [0.15, 0.2) is 36.8 Å². The molecular weight excluding hydrogens is 313 g/mol. The predicted octanol–water partition coefficient (Wildman–Crippen LogP) is 2.21. The van der Waals surface area contributed by atoms with E-state index in [9.17, 15) is 9.18 Å². The Labute approximate surface area is 135 Å². The van der Waals surface area contributed by atoms with E-state index in [2.05, 4.69) is 15.2 Å². The summed E-state index contributed by atoms with van der Waals surface area (Å²) in [7, 11) is 1.78. The van der Waals surface area contributed by atoms with Crippen molar-refractivity contribution in [2.75, 3.05) is 0 Å². The molecule has 0 aliphatic carbocycles. The predicted molar refractivity (Wildman–Crippen MR) is 84.8 cm³/mol. The van der Waals surface area contributed by atoms with Crippen molar-refractivity contribution < 1.29 is 14.3 Å². The van der Waals surface area contributed by atoms with E-state index < -0.39 is 11.8 Å². The summed E-state index contributed by atoms with van der Waals surface area (Å²) in [5, 5.41) is 18.4. The van der Waals surface area contributed by atoms with Gasteiger partial charge in [0.2, 0.25) is 0 Å². The van der Waals surface area contributed by atoms with Crippen LogP contribution in [-0.2, 0) is 18.4 Å². The van der Waals surface area contributed by atoms with Crippen LogP contribution in [-0.4, -0.2) is 35.6 Å². The van der Waals surface area contributed by atoms with Crippen molar-refractivity contribution in [2.24, 2.45) is 7.05 Å². The Morgan fingerprint density at radius 1 is 1.25 bits per heavy atom. The fraction of sp³-hybridized carbons (Fsp3) is 0.125. The highest BCUT2D eigenvalue weighted by Gasteiger charge is 2.16. The summed E-state index contributed by atoms with van der Waals surface area (Å²) in [6.45, 7) is -0.268. The van der Waals surface area contributed by atoms with Gasteiger partial charge in [-0.05, 0) is 18.2 Å². The van der Waals surface area contributed by atoms with Crippen molar-refractivity contribution >= 4 is 27.8 Å². The van der Waals surface area contributed by atoms with E-state index in [-0.39, 0.29) is 6.54 Å². The van der Waals surface area contributed by atoms with Crippen molar-refractivity contribution in [1.82, 2.24) is 24.5 Å². The summed E-state index contributed by atoms with van der Waals surface area (Å²) in [5.41, 5.74) is 2.12. The average Bonchev–Trinajstić information content (AvgIpc) is 3.10. The van der Waals surface area contributed by atoms with Crippen LogP contribution in [0.25, 0.3) is 33.1 Å². The van der Waals surface area contributed by atoms with Gasteiger partial charge in [-0.15, -0.1) is 0 Å². The van der Waals surface area contributed by atoms with Gasteiger partial charge in [-0.2, -0.15) is 10.2 Å². The summed E-state index contributed by atoms with van der Waals surface area (Å²) >= 11 is 0. The molecule has 7 nitrogen and oxygen atoms in total. The van der Waals surface area contributed by atoms with E-state index in [0.29, 0.717) is 27.5 Å². The van der Waals surface area contributed by atoms with Crippen LogP contribution in [0, 0.1) is 5.82 Å². The van der Waals surface area contributed by atoms with Crippen molar-refractivity contribution in [3.8, 4) is 11.3 Å². The number of aliphatic carboxylic acids is 1. The maximum Gasteiger partial charge on any atom is 0.325 e. The van der Waals surface area contributed by atoms with E-state index in [0.717, 1.165) is 5.52 Å². The normalized spacial score (nSPS) is 11.4. The zero-order valence-electron chi connectivity index (χ0n) is 12.6. The molecule has 0 aliphatic rings. The number of carbonyl (C=O) groups is 1. The number of rotatable bonds is 3. The first-order valence-electron chi connectivity index (χ1n) is 7.18. The van der Waals surface area contributed by atoms with Crippen LogP contribution in [0.5, 0.6) is 0 Å². The highest BCUT2D eigenvalue weighted by atomic mass is 19.1. The van der Waals surface area contributed by atoms with Gasteiger partial charge in [0.05, 0.1) is 29.1 Å². The lowest BCUT2D eigenvalue weighted by Gasteiger charge is -2.06. The van der Waals surface area contributed by atoms with Gasteiger partial charge in [0.25, 0.3) is 0 Å². The fourth-order valence-corrected chi connectivity index (χ4v) is 2.83. The van der Waals surface area contributed by atoms with E-state index in [1.807, 2.05) is 0 Å². The Balaban J connectivity index is 1.96. The van der Waals surface area contributed by atoms with Gasteiger partial charge in [0, 0.05) is 29.6 Å². The zero-order chi connectivity index (χ0) is 16.8. The first-order valence-corrected chi connectivity index (χ1v) is 7.18. The number of carboxylic acid groups (broad SMARTS) is 1. The monoisotopic (exact) mass is 325 g/mol. The van der Waals surface area contributed by atoms with Crippen molar-refractivity contribution in [3.63, 3.8) is 0 Å². The molecular formula is C16H12FN5O2. The number of hydrogen-bond donors (Lipinski definition) is 1. The van der Waals surface area contributed by atoms with E-state index in [1.165, 1.54) is 23.1 Å². The quantitative estimate of drug-likeness (QED) is 0.624. The minimum atomic E-state index is -0.999. The van der Waals surface area contributed by atoms with Gasteiger partial charge in [-0.25, -0.2) is 4.39 Å². The van der Waals surface area contributed by atoms with Crippen molar-refractivity contribution in [1.29, 1.82) is 0 Å². The van der Waals surface area contributed by atoms with Gasteiger partial charge in [0.1, 0.15) is 12.4 Å². The maximum absolute atomic E-state index is 14.6. The molecule has 0 fully saturated rings. The summed E-state index contributed by atoms with van der Waals surface area (Å²) in [4.78, 5) is 15.2. The summed E-state index contributed by atoms with van der Waals surface area (Å²) < 4.78 is 17.6. The summed E-state index contributed by atoms with van der Waals surface area (Å²) in [6.07, 6.45) is 4.62. The molecule has 4 aromatic rings. The van der Waals surface area contributed by atoms with Crippen LogP contribution in [0.4, 0.5) is 4.39 Å². The number of fused-ring (bicyclic) bond motifs is 2. The molecule has 4 rings (SSSR count). The maximum atomic E-state index is 14.6. The molecule has 24 heavy (non-hydrogen) atoms. The molecule has 0 unspecified atom stereocenters. The highest BCUT2D eigenvalue weighted by molar-refractivity contribution is 5.95. The third-order valence-electron chi connectivity index (χ3n) is 3.95. The largest absolute Gasteiger partial charge is 0.480 e. The third-order valence-corrected chi connectivity index (χ3v) is 3.95. The molecule has 120 valence electrons. The molecule has 0 radical (unpaired) electrons.